The Hall–Kier alpha value is -2.11. The van der Waals surface area contributed by atoms with Gasteiger partial charge in [-0.25, -0.2) is 4.98 Å². The van der Waals surface area contributed by atoms with Crippen LogP contribution >= 0.6 is 0 Å². The highest BCUT2D eigenvalue weighted by Gasteiger charge is 2.16. The third kappa shape index (κ3) is 2.74. The van der Waals surface area contributed by atoms with Gasteiger partial charge in [0.25, 0.3) is 0 Å². The summed E-state index contributed by atoms with van der Waals surface area (Å²) < 4.78 is 30.3. The standard InChI is InChI=1S/C14H17F2N3O/c1-8(2)13-18-11(12(17)19(13)3)9-4-6-10(7-5-9)20-14(15)16/h4-8,14H,17H2,1-3H3. The number of halogens is 2. The Morgan fingerprint density at radius 1 is 1.20 bits per heavy atom. The van der Waals surface area contributed by atoms with Crippen molar-refractivity contribution in [2.24, 2.45) is 7.05 Å². The van der Waals surface area contributed by atoms with Crippen LogP contribution in [0.5, 0.6) is 5.75 Å². The number of anilines is 1. The predicted molar refractivity (Wildman–Crippen MR) is 73.8 cm³/mol. The maximum atomic E-state index is 12.1. The van der Waals surface area contributed by atoms with Crippen molar-refractivity contribution in [3.63, 3.8) is 0 Å². The second-order valence-electron chi connectivity index (χ2n) is 4.82. The molecule has 108 valence electrons. The van der Waals surface area contributed by atoms with E-state index in [1.54, 1.807) is 12.1 Å². The van der Waals surface area contributed by atoms with Gasteiger partial charge in [0.05, 0.1) is 0 Å². The SMILES string of the molecule is CC(C)c1nc(-c2ccc(OC(F)F)cc2)c(N)n1C. The van der Waals surface area contributed by atoms with Crippen molar-refractivity contribution < 1.29 is 13.5 Å². The minimum absolute atomic E-state index is 0.113. The van der Waals surface area contributed by atoms with Crippen molar-refractivity contribution >= 4 is 5.82 Å². The summed E-state index contributed by atoms with van der Waals surface area (Å²) in [5.41, 5.74) is 7.46. The molecule has 2 N–H and O–H groups in total. The van der Waals surface area contributed by atoms with Crippen molar-refractivity contribution in [1.82, 2.24) is 9.55 Å². The van der Waals surface area contributed by atoms with E-state index in [9.17, 15) is 8.78 Å². The third-order valence-electron chi connectivity index (χ3n) is 3.04. The lowest BCUT2D eigenvalue weighted by Gasteiger charge is -2.05. The molecule has 1 aromatic carbocycles. The summed E-state index contributed by atoms with van der Waals surface area (Å²) in [5.74, 6) is 1.79. The van der Waals surface area contributed by atoms with Crippen LogP contribution in [0.4, 0.5) is 14.6 Å². The fourth-order valence-corrected chi connectivity index (χ4v) is 2.05. The van der Waals surface area contributed by atoms with Crippen molar-refractivity contribution in [2.75, 3.05) is 5.73 Å². The highest BCUT2D eigenvalue weighted by Crippen LogP contribution is 2.29. The van der Waals surface area contributed by atoms with Gasteiger partial charge in [0, 0.05) is 18.5 Å². The number of nitrogens with zero attached hydrogens (tertiary/aromatic N) is 2. The van der Waals surface area contributed by atoms with Crippen LogP contribution in [0.3, 0.4) is 0 Å². The van der Waals surface area contributed by atoms with E-state index in [-0.39, 0.29) is 11.7 Å². The van der Waals surface area contributed by atoms with Gasteiger partial charge in [0.2, 0.25) is 0 Å². The fourth-order valence-electron chi connectivity index (χ4n) is 2.05. The number of aromatic nitrogens is 2. The second kappa shape index (κ2) is 5.48. The van der Waals surface area contributed by atoms with Gasteiger partial charge in [-0.15, -0.1) is 0 Å². The van der Waals surface area contributed by atoms with Gasteiger partial charge >= 0.3 is 6.61 Å². The van der Waals surface area contributed by atoms with Crippen LogP contribution in [0.25, 0.3) is 11.3 Å². The monoisotopic (exact) mass is 281 g/mol. The molecule has 2 aromatic rings. The lowest BCUT2D eigenvalue weighted by atomic mass is 10.1. The average Bonchev–Trinajstić information content (AvgIpc) is 2.67. The average molecular weight is 281 g/mol. The summed E-state index contributed by atoms with van der Waals surface area (Å²) in [6.07, 6.45) is 0. The van der Waals surface area contributed by atoms with Gasteiger partial charge < -0.3 is 15.0 Å². The van der Waals surface area contributed by atoms with Crippen molar-refractivity contribution in [2.45, 2.75) is 26.4 Å². The largest absolute Gasteiger partial charge is 0.435 e. The molecule has 0 saturated carbocycles. The molecule has 0 saturated heterocycles. The van der Waals surface area contributed by atoms with Crippen molar-refractivity contribution in [1.29, 1.82) is 0 Å². The zero-order valence-corrected chi connectivity index (χ0v) is 11.6. The minimum atomic E-state index is -2.83. The van der Waals surface area contributed by atoms with Crippen LogP contribution in [0.1, 0.15) is 25.6 Å². The van der Waals surface area contributed by atoms with Crippen molar-refractivity contribution in [3.05, 3.63) is 30.1 Å². The summed E-state index contributed by atoms with van der Waals surface area (Å²) >= 11 is 0. The first-order valence-corrected chi connectivity index (χ1v) is 6.27. The molecule has 2 rings (SSSR count). The second-order valence-corrected chi connectivity index (χ2v) is 4.82. The minimum Gasteiger partial charge on any atom is -0.435 e. The van der Waals surface area contributed by atoms with E-state index >= 15 is 0 Å². The maximum Gasteiger partial charge on any atom is 0.387 e. The zero-order chi connectivity index (χ0) is 14.9. The zero-order valence-electron chi connectivity index (χ0n) is 11.6. The molecule has 4 nitrogen and oxygen atoms in total. The molecule has 1 aromatic heterocycles. The molecule has 0 fully saturated rings. The summed E-state index contributed by atoms with van der Waals surface area (Å²) in [7, 11) is 1.86. The molecule has 0 aliphatic carbocycles. The van der Waals surface area contributed by atoms with Gasteiger partial charge in [-0.05, 0) is 24.3 Å². The Morgan fingerprint density at radius 2 is 1.80 bits per heavy atom. The smallest absolute Gasteiger partial charge is 0.387 e. The molecule has 1 heterocycles. The fraction of sp³-hybridized carbons (Fsp3) is 0.357. The number of ether oxygens (including phenoxy) is 1. The Bertz CT molecular complexity index is 591. The molecule has 0 spiro atoms. The number of rotatable bonds is 4. The van der Waals surface area contributed by atoms with E-state index in [2.05, 4.69) is 9.72 Å². The molecule has 0 amide bonds. The lowest BCUT2D eigenvalue weighted by molar-refractivity contribution is -0.0498. The highest BCUT2D eigenvalue weighted by molar-refractivity contribution is 5.71. The van der Waals surface area contributed by atoms with E-state index in [0.29, 0.717) is 11.5 Å². The first kappa shape index (κ1) is 14.3. The number of nitrogens with two attached hydrogens (primary N) is 1. The molecular formula is C14H17F2N3O. The Labute approximate surface area is 116 Å². The number of hydrogen-bond acceptors (Lipinski definition) is 3. The molecule has 0 radical (unpaired) electrons. The predicted octanol–water partition coefficient (Wildman–Crippen LogP) is 3.39. The highest BCUT2D eigenvalue weighted by atomic mass is 19.3. The van der Waals surface area contributed by atoms with E-state index in [1.807, 2.05) is 25.5 Å². The van der Waals surface area contributed by atoms with Gasteiger partial charge in [-0.3, -0.25) is 0 Å². The van der Waals surface area contributed by atoms with E-state index in [4.69, 9.17) is 5.73 Å². The molecule has 0 aliphatic heterocycles. The van der Waals surface area contributed by atoms with Crippen LogP contribution in [-0.4, -0.2) is 16.2 Å². The molecule has 20 heavy (non-hydrogen) atoms. The Kier molecular flexibility index (Phi) is 3.92. The molecule has 0 bridgehead atoms. The third-order valence-corrected chi connectivity index (χ3v) is 3.04. The normalized spacial score (nSPS) is 11.3. The van der Waals surface area contributed by atoms with Crippen LogP contribution < -0.4 is 10.5 Å². The quantitative estimate of drug-likeness (QED) is 0.934. The van der Waals surface area contributed by atoms with E-state index in [0.717, 1.165) is 11.4 Å². The number of hydrogen-bond donors (Lipinski definition) is 1. The summed E-state index contributed by atoms with van der Waals surface area (Å²) in [6.45, 7) is 1.24. The molecular weight excluding hydrogens is 264 g/mol. The van der Waals surface area contributed by atoms with Crippen LogP contribution in [-0.2, 0) is 7.05 Å². The lowest BCUT2D eigenvalue weighted by Crippen LogP contribution is -2.03. The molecule has 0 atom stereocenters. The molecule has 0 aliphatic rings. The van der Waals surface area contributed by atoms with Crippen LogP contribution in [0.2, 0.25) is 0 Å². The van der Waals surface area contributed by atoms with E-state index < -0.39 is 6.61 Å². The van der Waals surface area contributed by atoms with Gasteiger partial charge in [-0.2, -0.15) is 8.78 Å². The first-order chi connectivity index (χ1) is 9.40. The van der Waals surface area contributed by atoms with Gasteiger partial charge in [-0.1, -0.05) is 13.8 Å². The Balaban J connectivity index is 2.34. The summed E-state index contributed by atoms with van der Waals surface area (Å²) in [6, 6.07) is 6.29. The number of imidazole rings is 1. The maximum absolute atomic E-state index is 12.1. The topological polar surface area (TPSA) is 53.1 Å². The molecule has 0 unspecified atom stereocenters. The number of alkyl halides is 2. The number of nitrogen functional groups attached to an aromatic ring is 1. The van der Waals surface area contributed by atoms with Crippen molar-refractivity contribution in [3.8, 4) is 17.0 Å². The van der Waals surface area contributed by atoms with Gasteiger partial charge in [0.15, 0.2) is 0 Å². The summed E-state index contributed by atoms with van der Waals surface area (Å²) in [5, 5.41) is 0. The molecule has 6 heteroatoms. The summed E-state index contributed by atoms with van der Waals surface area (Å²) in [4.78, 5) is 4.52. The Morgan fingerprint density at radius 3 is 2.25 bits per heavy atom. The van der Waals surface area contributed by atoms with Gasteiger partial charge in [0.1, 0.15) is 23.1 Å². The number of benzene rings is 1. The first-order valence-electron chi connectivity index (χ1n) is 6.27. The van der Waals surface area contributed by atoms with E-state index in [1.165, 1.54) is 12.1 Å². The van der Waals surface area contributed by atoms with Crippen LogP contribution in [0, 0.1) is 0 Å². The van der Waals surface area contributed by atoms with Crippen LogP contribution in [0.15, 0.2) is 24.3 Å².